The quantitative estimate of drug-likeness (QED) is 0.831. The van der Waals surface area contributed by atoms with Crippen molar-refractivity contribution in [1.82, 2.24) is 5.32 Å². The number of nitrogens with one attached hydrogen (secondary N) is 1. The summed E-state index contributed by atoms with van der Waals surface area (Å²) in [5.74, 6) is -0.289. The second kappa shape index (κ2) is 6.49. The lowest BCUT2D eigenvalue weighted by Crippen LogP contribution is -2.31. The Kier molecular flexibility index (Phi) is 5.50. The van der Waals surface area contributed by atoms with Crippen molar-refractivity contribution >= 4 is 29.1 Å². The van der Waals surface area contributed by atoms with Crippen molar-refractivity contribution in [3.05, 3.63) is 28.8 Å². The van der Waals surface area contributed by atoms with E-state index in [1.165, 1.54) is 18.2 Å². The maximum Gasteiger partial charge on any atom is 0.251 e. The Morgan fingerprint density at radius 3 is 2.58 bits per heavy atom. The molecule has 0 aliphatic heterocycles. The predicted molar refractivity (Wildman–Crippen MR) is 79.2 cm³/mol. The molecule has 1 unspecified atom stereocenters. The molecule has 2 N–H and O–H groups in total. The smallest absolute Gasteiger partial charge is 0.251 e. The van der Waals surface area contributed by atoms with E-state index in [-0.39, 0.29) is 27.5 Å². The zero-order valence-corrected chi connectivity index (χ0v) is 12.8. The minimum atomic E-state index is -0.249. The van der Waals surface area contributed by atoms with E-state index in [1.807, 2.05) is 0 Å². The number of alkyl halides is 1. The average Bonchev–Trinajstić information content (AvgIpc) is 2.27. The SMILES string of the molecule is CC(C)(C)CC(Cl)CNC(=O)c1ccc(O)c(Cl)c1. The Hall–Kier alpha value is -0.930. The molecule has 0 bridgehead atoms. The van der Waals surface area contributed by atoms with Gasteiger partial charge in [-0.1, -0.05) is 32.4 Å². The number of carbonyl (C=O) groups is 1. The number of carbonyl (C=O) groups excluding carboxylic acids is 1. The molecule has 0 radical (unpaired) electrons. The van der Waals surface area contributed by atoms with Gasteiger partial charge in [0.1, 0.15) is 5.75 Å². The van der Waals surface area contributed by atoms with Gasteiger partial charge in [0, 0.05) is 12.1 Å². The van der Waals surface area contributed by atoms with Crippen LogP contribution in [0.2, 0.25) is 5.02 Å². The van der Waals surface area contributed by atoms with Crippen LogP contribution in [0.1, 0.15) is 37.6 Å². The second-order valence-corrected chi connectivity index (χ2v) is 6.76. The van der Waals surface area contributed by atoms with E-state index < -0.39 is 0 Å². The van der Waals surface area contributed by atoms with Gasteiger partial charge in [-0.3, -0.25) is 4.79 Å². The van der Waals surface area contributed by atoms with Gasteiger partial charge in [0.15, 0.2) is 0 Å². The Labute approximate surface area is 123 Å². The lowest BCUT2D eigenvalue weighted by Gasteiger charge is -2.22. The maximum absolute atomic E-state index is 11.9. The van der Waals surface area contributed by atoms with Crippen molar-refractivity contribution in [2.75, 3.05) is 6.54 Å². The summed E-state index contributed by atoms with van der Waals surface area (Å²) in [5, 5.41) is 12.1. The number of halogens is 2. The summed E-state index contributed by atoms with van der Waals surface area (Å²) in [4.78, 5) is 11.9. The molecule has 1 rings (SSSR count). The molecule has 0 aromatic heterocycles. The third-order valence-corrected chi connectivity index (χ3v) is 3.14. The molecule has 0 aliphatic rings. The molecule has 106 valence electrons. The van der Waals surface area contributed by atoms with Gasteiger partial charge in [0.25, 0.3) is 5.91 Å². The van der Waals surface area contributed by atoms with Crippen LogP contribution in [0.5, 0.6) is 5.75 Å². The highest BCUT2D eigenvalue weighted by molar-refractivity contribution is 6.32. The van der Waals surface area contributed by atoms with E-state index >= 15 is 0 Å². The number of hydrogen-bond donors (Lipinski definition) is 2. The van der Waals surface area contributed by atoms with Crippen LogP contribution >= 0.6 is 23.2 Å². The van der Waals surface area contributed by atoms with Gasteiger partial charge < -0.3 is 10.4 Å². The van der Waals surface area contributed by atoms with E-state index in [1.54, 1.807) is 0 Å². The molecular weight excluding hydrogens is 285 g/mol. The number of hydrogen-bond acceptors (Lipinski definition) is 2. The second-order valence-electron chi connectivity index (χ2n) is 5.74. The number of amides is 1. The zero-order valence-electron chi connectivity index (χ0n) is 11.3. The van der Waals surface area contributed by atoms with Gasteiger partial charge in [-0.2, -0.15) is 0 Å². The van der Waals surface area contributed by atoms with Crippen LogP contribution in [0.15, 0.2) is 18.2 Å². The van der Waals surface area contributed by atoms with Crippen molar-refractivity contribution in [1.29, 1.82) is 0 Å². The Morgan fingerprint density at radius 1 is 1.42 bits per heavy atom. The zero-order chi connectivity index (χ0) is 14.6. The largest absolute Gasteiger partial charge is 0.506 e. The van der Waals surface area contributed by atoms with Crippen LogP contribution in [0.4, 0.5) is 0 Å². The van der Waals surface area contributed by atoms with Gasteiger partial charge in [0.05, 0.1) is 10.4 Å². The summed E-state index contributed by atoms with van der Waals surface area (Å²) in [5.41, 5.74) is 0.529. The van der Waals surface area contributed by atoms with Crippen LogP contribution < -0.4 is 5.32 Å². The first-order valence-electron chi connectivity index (χ1n) is 6.10. The first kappa shape index (κ1) is 16.1. The summed E-state index contributed by atoms with van der Waals surface area (Å²) in [6, 6.07) is 4.34. The third kappa shape index (κ3) is 5.70. The molecule has 1 atom stereocenters. The maximum atomic E-state index is 11.9. The first-order chi connectivity index (χ1) is 8.69. The highest BCUT2D eigenvalue weighted by Crippen LogP contribution is 2.24. The number of rotatable bonds is 4. The lowest BCUT2D eigenvalue weighted by atomic mass is 9.90. The fraction of sp³-hybridized carbons (Fsp3) is 0.500. The fourth-order valence-electron chi connectivity index (χ4n) is 1.69. The van der Waals surface area contributed by atoms with Crippen molar-refractivity contribution in [3.63, 3.8) is 0 Å². The van der Waals surface area contributed by atoms with Gasteiger partial charge in [0.2, 0.25) is 0 Å². The Morgan fingerprint density at radius 2 is 2.05 bits per heavy atom. The number of aromatic hydroxyl groups is 1. The molecule has 5 heteroatoms. The third-order valence-electron chi connectivity index (χ3n) is 2.53. The van der Waals surface area contributed by atoms with E-state index in [2.05, 4.69) is 26.1 Å². The number of benzene rings is 1. The van der Waals surface area contributed by atoms with E-state index in [9.17, 15) is 9.90 Å². The van der Waals surface area contributed by atoms with Gasteiger partial charge in [-0.05, 0) is 30.0 Å². The highest BCUT2D eigenvalue weighted by atomic mass is 35.5. The Balaban J connectivity index is 2.53. The van der Waals surface area contributed by atoms with E-state index in [0.717, 1.165) is 6.42 Å². The van der Waals surface area contributed by atoms with Crippen molar-refractivity contribution in [2.24, 2.45) is 5.41 Å². The van der Waals surface area contributed by atoms with Crippen LogP contribution in [-0.2, 0) is 0 Å². The van der Waals surface area contributed by atoms with E-state index in [0.29, 0.717) is 12.1 Å². The highest BCUT2D eigenvalue weighted by Gasteiger charge is 2.17. The standard InChI is InChI=1S/C14H19Cl2NO2/c1-14(2,3)7-10(15)8-17-13(19)9-4-5-12(18)11(16)6-9/h4-6,10,18H,7-8H2,1-3H3,(H,17,19). The number of phenolic OH excluding ortho intramolecular Hbond substituents is 1. The monoisotopic (exact) mass is 303 g/mol. The van der Waals surface area contributed by atoms with Crippen LogP contribution in [0.3, 0.4) is 0 Å². The molecular formula is C14H19Cl2NO2. The summed E-state index contributed by atoms with van der Waals surface area (Å²) >= 11 is 11.9. The summed E-state index contributed by atoms with van der Waals surface area (Å²) < 4.78 is 0. The van der Waals surface area contributed by atoms with Crippen molar-refractivity contribution < 1.29 is 9.90 Å². The minimum Gasteiger partial charge on any atom is -0.506 e. The molecule has 0 aliphatic carbocycles. The first-order valence-corrected chi connectivity index (χ1v) is 6.91. The molecule has 3 nitrogen and oxygen atoms in total. The van der Waals surface area contributed by atoms with Crippen LogP contribution in [0, 0.1) is 5.41 Å². The topological polar surface area (TPSA) is 49.3 Å². The summed E-state index contributed by atoms with van der Waals surface area (Å²) in [6.07, 6.45) is 0.811. The van der Waals surface area contributed by atoms with Gasteiger partial charge >= 0.3 is 0 Å². The van der Waals surface area contributed by atoms with E-state index in [4.69, 9.17) is 23.2 Å². The molecule has 0 heterocycles. The van der Waals surface area contributed by atoms with Gasteiger partial charge in [-0.25, -0.2) is 0 Å². The number of phenols is 1. The van der Waals surface area contributed by atoms with Crippen molar-refractivity contribution in [2.45, 2.75) is 32.6 Å². The minimum absolute atomic E-state index is 0.0406. The average molecular weight is 304 g/mol. The molecule has 0 spiro atoms. The fourth-order valence-corrected chi connectivity index (χ4v) is 2.41. The van der Waals surface area contributed by atoms with Crippen molar-refractivity contribution in [3.8, 4) is 5.75 Å². The molecule has 0 saturated carbocycles. The molecule has 1 aromatic carbocycles. The summed E-state index contributed by atoms with van der Waals surface area (Å²) in [6.45, 7) is 6.70. The molecule has 1 amide bonds. The molecule has 19 heavy (non-hydrogen) atoms. The summed E-state index contributed by atoms with van der Waals surface area (Å²) in [7, 11) is 0. The normalized spacial score (nSPS) is 13.1. The van der Waals surface area contributed by atoms with Crippen LogP contribution in [-0.4, -0.2) is 22.9 Å². The molecule has 0 fully saturated rings. The predicted octanol–water partition coefficient (Wildman–Crippen LogP) is 3.82. The van der Waals surface area contributed by atoms with Crippen LogP contribution in [0.25, 0.3) is 0 Å². The molecule has 1 aromatic rings. The molecule has 0 saturated heterocycles. The van der Waals surface area contributed by atoms with Gasteiger partial charge in [-0.15, -0.1) is 11.6 Å². The Bertz CT molecular complexity index is 455. The lowest BCUT2D eigenvalue weighted by molar-refractivity contribution is 0.0952.